The normalized spacial score (nSPS) is 22.7. The lowest BCUT2D eigenvalue weighted by Crippen LogP contribution is -2.51. The maximum Gasteiger partial charge on any atom is 0.257 e. The van der Waals surface area contributed by atoms with E-state index in [1.807, 2.05) is 54.6 Å². The van der Waals surface area contributed by atoms with Crippen LogP contribution in [-0.2, 0) is 16.1 Å². The summed E-state index contributed by atoms with van der Waals surface area (Å²) in [6.45, 7) is 6.42. The molecule has 10 nitrogen and oxygen atoms in total. The summed E-state index contributed by atoms with van der Waals surface area (Å²) in [5.41, 5.74) is 3.96. The van der Waals surface area contributed by atoms with Crippen molar-refractivity contribution >= 4 is 17.5 Å². The van der Waals surface area contributed by atoms with Crippen molar-refractivity contribution in [2.45, 2.75) is 32.0 Å². The number of piperazine rings is 1. The quantitative estimate of drug-likeness (QED) is 0.316. The van der Waals surface area contributed by atoms with E-state index >= 15 is 0 Å². The van der Waals surface area contributed by atoms with E-state index in [2.05, 4.69) is 37.0 Å². The molecule has 6 rings (SSSR count). The minimum Gasteiger partial charge on any atom is -0.392 e. The Kier molecular flexibility index (Phi) is 8.99. The van der Waals surface area contributed by atoms with E-state index in [9.17, 15) is 9.90 Å². The first-order chi connectivity index (χ1) is 21.1. The molecule has 0 saturated carbocycles. The van der Waals surface area contributed by atoms with Crippen LogP contribution in [0.3, 0.4) is 0 Å². The zero-order chi connectivity index (χ0) is 29.6. The number of aromatic nitrogens is 3. The molecule has 10 heteroatoms. The van der Waals surface area contributed by atoms with E-state index < -0.39 is 6.29 Å². The number of anilines is 2. The fraction of sp³-hybridized carbons (Fsp3) is 0.333. The van der Waals surface area contributed by atoms with Crippen molar-refractivity contribution in [3.05, 3.63) is 114 Å². The van der Waals surface area contributed by atoms with Crippen molar-refractivity contribution in [1.29, 1.82) is 0 Å². The second-order valence-corrected chi connectivity index (χ2v) is 11.0. The molecule has 2 saturated heterocycles. The van der Waals surface area contributed by atoms with Gasteiger partial charge in [-0.05, 0) is 41.5 Å². The molecular weight excluding hydrogens is 544 g/mol. The first-order valence-corrected chi connectivity index (χ1v) is 14.6. The number of rotatable bonds is 8. The molecule has 0 radical (unpaired) electrons. The summed E-state index contributed by atoms with van der Waals surface area (Å²) in [6, 6.07) is 20.8. The minimum absolute atomic E-state index is 0.000606. The van der Waals surface area contributed by atoms with Crippen LogP contribution in [0.4, 0.5) is 11.6 Å². The molecule has 222 valence electrons. The number of hydrogen-bond acceptors (Lipinski definition) is 9. The Morgan fingerprint density at radius 2 is 1.63 bits per heavy atom. The van der Waals surface area contributed by atoms with Crippen molar-refractivity contribution in [3.8, 4) is 0 Å². The van der Waals surface area contributed by atoms with E-state index in [1.165, 1.54) is 6.20 Å². The zero-order valence-corrected chi connectivity index (χ0v) is 24.1. The summed E-state index contributed by atoms with van der Waals surface area (Å²) in [6.07, 6.45) is 5.88. The van der Waals surface area contributed by atoms with Crippen LogP contribution in [0.2, 0.25) is 0 Å². The molecule has 2 aromatic carbocycles. The molecule has 0 aliphatic carbocycles. The first kappa shape index (κ1) is 28.9. The predicted molar refractivity (Wildman–Crippen MR) is 162 cm³/mol. The molecule has 2 aromatic heterocycles. The minimum atomic E-state index is -0.578. The van der Waals surface area contributed by atoms with Gasteiger partial charge < -0.3 is 24.8 Å². The molecule has 0 unspecified atom stereocenters. The Hall–Kier alpha value is -4.22. The zero-order valence-electron chi connectivity index (χ0n) is 24.1. The summed E-state index contributed by atoms with van der Waals surface area (Å²) in [5, 5.41) is 12.5. The average molecular weight is 581 g/mol. The Morgan fingerprint density at radius 1 is 0.907 bits per heavy atom. The number of hydrogen-bond donors (Lipinski definition) is 2. The van der Waals surface area contributed by atoms with Gasteiger partial charge in [0, 0.05) is 74.7 Å². The molecule has 0 bridgehead atoms. The molecule has 2 N–H and O–H groups in total. The van der Waals surface area contributed by atoms with E-state index in [-0.39, 0.29) is 30.6 Å². The van der Waals surface area contributed by atoms with E-state index in [1.54, 1.807) is 30.7 Å². The fourth-order valence-corrected chi connectivity index (χ4v) is 5.59. The van der Waals surface area contributed by atoms with Crippen LogP contribution in [0.15, 0.2) is 91.5 Å². The number of benzene rings is 2. The molecule has 4 atom stereocenters. The Bertz CT molecular complexity index is 1470. The number of carbonyl (C=O) groups is 1. The van der Waals surface area contributed by atoms with E-state index in [0.29, 0.717) is 11.3 Å². The SMILES string of the molecule is C[C@@H]1[C@H](CN2CCN(c3ncccn3)CC2)O[C@H](c2ccc(NC(=O)c3cccnc3)cc2)O[C@@H]1c1ccc(CO)cc1. The third kappa shape index (κ3) is 6.89. The van der Waals surface area contributed by atoms with Gasteiger partial charge in [0.15, 0.2) is 6.29 Å². The number of pyridine rings is 1. The van der Waals surface area contributed by atoms with E-state index in [0.717, 1.165) is 55.4 Å². The van der Waals surface area contributed by atoms with Crippen LogP contribution in [0.5, 0.6) is 0 Å². The maximum absolute atomic E-state index is 12.6. The van der Waals surface area contributed by atoms with Crippen LogP contribution in [0.25, 0.3) is 0 Å². The summed E-state index contributed by atoms with van der Waals surface area (Å²) in [5.74, 6) is 0.638. The smallest absolute Gasteiger partial charge is 0.257 e. The second kappa shape index (κ2) is 13.4. The topological polar surface area (TPSA) is 113 Å². The van der Waals surface area contributed by atoms with Gasteiger partial charge in [-0.2, -0.15) is 0 Å². The summed E-state index contributed by atoms with van der Waals surface area (Å²) >= 11 is 0. The van der Waals surface area contributed by atoms with Crippen molar-refractivity contribution in [2.75, 3.05) is 42.9 Å². The summed E-state index contributed by atoms with van der Waals surface area (Å²) in [4.78, 5) is 30.1. The Labute approximate surface area is 251 Å². The van der Waals surface area contributed by atoms with Gasteiger partial charge in [0.25, 0.3) is 5.91 Å². The van der Waals surface area contributed by atoms with Crippen LogP contribution in [0, 0.1) is 5.92 Å². The molecule has 0 spiro atoms. The third-order valence-corrected chi connectivity index (χ3v) is 8.13. The number of amides is 1. The standard InChI is InChI=1S/C33H36N6O4/c1-23-29(21-38-16-18-39(19-17-38)33-35-14-3-15-36-33)42-32(43-30(23)25-7-5-24(22-40)6-8-25)26-9-11-28(12-10-26)37-31(41)27-4-2-13-34-20-27/h2-15,20,23,29-30,32,40H,16-19,21-22H2,1H3,(H,37,41)/t23-,29+,30+,32+/m1/s1. The van der Waals surface area contributed by atoms with Crippen molar-refractivity contribution in [3.63, 3.8) is 0 Å². The number of aliphatic hydroxyl groups excluding tert-OH is 1. The molecule has 2 fully saturated rings. The number of nitrogens with one attached hydrogen (secondary N) is 1. The van der Waals surface area contributed by atoms with Crippen molar-refractivity contribution in [1.82, 2.24) is 19.9 Å². The molecule has 4 aromatic rings. The highest BCUT2D eigenvalue weighted by Gasteiger charge is 2.39. The van der Waals surface area contributed by atoms with Gasteiger partial charge in [0.2, 0.25) is 5.95 Å². The Morgan fingerprint density at radius 3 is 2.30 bits per heavy atom. The second-order valence-electron chi connectivity index (χ2n) is 11.0. The highest BCUT2D eigenvalue weighted by atomic mass is 16.7. The number of aliphatic hydroxyl groups is 1. The highest BCUT2D eigenvalue weighted by molar-refractivity contribution is 6.04. The highest BCUT2D eigenvalue weighted by Crippen LogP contribution is 2.42. The van der Waals surface area contributed by atoms with Gasteiger partial charge in [-0.1, -0.05) is 43.3 Å². The van der Waals surface area contributed by atoms with Crippen molar-refractivity contribution in [2.24, 2.45) is 5.92 Å². The number of nitrogens with zero attached hydrogens (tertiary/aromatic N) is 5. The summed E-state index contributed by atoms with van der Waals surface area (Å²) < 4.78 is 13.3. The maximum atomic E-state index is 12.6. The molecule has 1 amide bonds. The van der Waals surface area contributed by atoms with Crippen LogP contribution in [-0.4, -0.2) is 69.7 Å². The van der Waals surface area contributed by atoms with Crippen LogP contribution < -0.4 is 10.2 Å². The third-order valence-electron chi connectivity index (χ3n) is 8.13. The summed E-state index contributed by atoms with van der Waals surface area (Å²) in [7, 11) is 0. The van der Waals surface area contributed by atoms with Gasteiger partial charge in [-0.25, -0.2) is 9.97 Å². The molecule has 43 heavy (non-hydrogen) atoms. The molecule has 4 heterocycles. The van der Waals surface area contributed by atoms with Crippen LogP contribution >= 0.6 is 0 Å². The molecule has 2 aliphatic heterocycles. The van der Waals surface area contributed by atoms with Gasteiger partial charge >= 0.3 is 0 Å². The lowest BCUT2D eigenvalue weighted by molar-refractivity contribution is -0.276. The monoisotopic (exact) mass is 580 g/mol. The van der Waals surface area contributed by atoms with Gasteiger partial charge in [-0.3, -0.25) is 14.7 Å². The average Bonchev–Trinajstić information content (AvgIpc) is 3.07. The Balaban J connectivity index is 1.17. The van der Waals surface area contributed by atoms with Crippen molar-refractivity contribution < 1.29 is 19.4 Å². The van der Waals surface area contributed by atoms with Gasteiger partial charge in [0.05, 0.1) is 24.4 Å². The number of carbonyl (C=O) groups excluding carboxylic acids is 1. The van der Waals surface area contributed by atoms with Gasteiger partial charge in [0.1, 0.15) is 0 Å². The number of ether oxygens (including phenoxy) is 2. The predicted octanol–water partition coefficient (Wildman–Crippen LogP) is 4.23. The lowest BCUT2D eigenvalue weighted by atomic mass is 9.90. The van der Waals surface area contributed by atoms with Crippen LogP contribution in [0.1, 0.15) is 46.4 Å². The molecular formula is C33H36N6O4. The largest absolute Gasteiger partial charge is 0.392 e. The lowest BCUT2D eigenvalue weighted by Gasteiger charge is -2.44. The van der Waals surface area contributed by atoms with Gasteiger partial charge in [-0.15, -0.1) is 0 Å². The first-order valence-electron chi connectivity index (χ1n) is 14.6. The molecule has 2 aliphatic rings. The van der Waals surface area contributed by atoms with E-state index in [4.69, 9.17) is 9.47 Å². The fourth-order valence-electron chi connectivity index (χ4n) is 5.59.